The lowest BCUT2D eigenvalue weighted by Gasteiger charge is -2.30. The molecule has 0 N–H and O–H groups in total. The molecule has 2 nitrogen and oxygen atoms in total. The van der Waals surface area contributed by atoms with E-state index < -0.39 is 11.6 Å². The van der Waals surface area contributed by atoms with Crippen LogP contribution in [0.15, 0.2) is 43.0 Å². The van der Waals surface area contributed by atoms with Gasteiger partial charge in [0.2, 0.25) is 0 Å². The molecule has 0 bridgehead atoms. The van der Waals surface area contributed by atoms with E-state index in [9.17, 15) is 4.39 Å². The smallest absolute Gasteiger partial charge is 0.162 e. The summed E-state index contributed by atoms with van der Waals surface area (Å²) in [6.07, 6.45) is 10.5. The fourth-order valence-electron chi connectivity index (χ4n) is 5.68. The highest BCUT2D eigenvalue weighted by Crippen LogP contribution is 2.40. The quantitative estimate of drug-likeness (QED) is 0.239. The standard InChI is InChI=1S/C31H39F3O2/c1-3-4-5-18-35-26-15-12-24(29(32)19-26)20-36-25-13-10-23(11-14-25)28-17-16-27(30(33)31(28)34)22-8-6-21(2)7-9-22/h3,12,15-17,19,21-23,25H,1,4-11,13-14,18,20H2,2H3. The Hall–Kier alpha value is -2.27. The lowest BCUT2D eigenvalue weighted by Crippen LogP contribution is -2.22. The normalized spacial score (nSPS) is 24.4. The first-order valence-electron chi connectivity index (χ1n) is 13.6. The van der Waals surface area contributed by atoms with E-state index in [1.54, 1.807) is 12.1 Å². The van der Waals surface area contributed by atoms with Gasteiger partial charge in [0.15, 0.2) is 11.6 Å². The van der Waals surface area contributed by atoms with Gasteiger partial charge in [-0.3, -0.25) is 0 Å². The van der Waals surface area contributed by atoms with Crippen LogP contribution in [0.1, 0.15) is 99.7 Å². The molecule has 0 saturated heterocycles. The summed E-state index contributed by atoms with van der Waals surface area (Å²) in [6.45, 7) is 6.62. The number of allylic oxidation sites excluding steroid dienone is 1. The van der Waals surface area contributed by atoms with Gasteiger partial charge in [-0.25, -0.2) is 13.2 Å². The number of unbranched alkanes of at least 4 members (excludes halogenated alkanes) is 1. The molecule has 0 amide bonds. The second kappa shape index (κ2) is 12.8. The van der Waals surface area contributed by atoms with Crippen molar-refractivity contribution >= 4 is 0 Å². The average Bonchev–Trinajstić information content (AvgIpc) is 2.89. The Morgan fingerprint density at radius 2 is 1.47 bits per heavy atom. The highest BCUT2D eigenvalue weighted by atomic mass is 19.2. The summed E-state index contributed by atoms with van der Waals surface area (Å²) in [6, 6.07) is 8.51. The first-order chi connectivity index (χ1) is 17.5. The molecule has 0 radical (unpaired) electrons. The zero-order valence-corrected chi connectivity index (χ0v) is 21.4. The van der Waals surface area contributed by atoms with Gasteiger partial charge in [0.1, 0.15) is 11.6 Å². The van der Waals surface area contributed by atoms with E-state index in [0.717, 1.165) is 64.2 Å². The maximum absolute atomic E-state index is 15.1. The Morgan fingerprint density at radius 3 is 2.06 bits per heavy atom. The lowest BCUT2D eigenvalue weighted by atomic mass is 9.77. The van der Waals surface area contributed by atoms with Crippen molar-refractivity contribution < 1.29 is 22.6 Å². The molecular weight excluding hydrogens is 461 g/mol. The average molecular weight is 501 g/mol. The van der Waals surface area contributed by atoms with Gasteiger partial charge < -0.3 is 9.47 Å². The monoisotopic (exact) mass is 500 g/mol. The van der Waals surface area contributed by atoms with E-state index in [-0.39, 0.29) is 30.4 Å². The Morgan fingerprint density at radius 1 is 0.861 bits per heavy atom. The SMILES string of the molecule is C=CCCCOc1ccc(COC2CCC(c3ccc(C4CCC(C)CC4)c(F)c3F)CC2)c(F)c1. The first kappa shape index (κ1) is 26.8. The number of benzene rings is 2. The summed E-state index contributed by atoms with van der Waals surface area (Å²) in [4.78, 5) is 0. The Bertz CT molecular complexity index is 1010. The zero-order chi connectivity index (χ0) is 25.5. The van der Waals surface area contributed by atoms with Crippen LogP contribution in [-0.4, -0.2) is 12.7 Å². The number of halogens is 3. The van der Waals surface area contributed by atoms with Gasteiger partial charge in [0.25, 0.3) is 0 Å². The molecule has 196 valence electrons. The molecule has 0 atom stereocenters. The second-order valence-corrected chi connectivity index (χ2v) is 10.6. The summed E-state index contributed by atoms with van der Waals surface area (Å²) in [5.41, 5.74) is 1.54. The Kier molecular flexibility index (Phi) is 9.53. The minimum atomic E-state index is -0.663. The second-order valence-electron chi connectivity index (χ2n) is 10.6. The molecular formula is C31H39F3O2. The van der Waals surface area contributed by atoms with E-state index >= 15 is 8.78 Å². The largest absolute Gasteiger partial charge is 0.493 e. The molecule has 2 aliphatic rings. The minimum Gasteiger partial charge on any atom is -0.493 e. The zero-order valence-electron chi connectivity index (χ0n) is 21.4. The van der Waals surface area contributed by atoms with Crippen molar-refractivity contribution in [3.63, 3.8) is 0 Å². The fraction of sp³-hybridized carbons (Fsp3) is 0.548. The van der Waals surface area contributed by atoms with Crippen molar-refractivity contribution in [2.45, 2.75) is 95.7 Å². The van der Waals surface area contributed by atoms with Gasteiger partial charge in [-0.1, -0.05) is 44.0 Å². The van der Waals surface area contributed by atoms with E-state index in [0.29, 0.717) is 35.0 Å². The van der Waals surface area contributed by atoms with Crippen LogP contribution < -0.4 is 4.74 Å². The molecule has 0 unspecified atom stereocenters. The Balaban J connectivity index is 1.27. The third kappa shape index (κ3) is 6.73. The van der Waals surface area contributed by atoms with Crippen LogP contribution >= 0.6 is 0 Å². The third-order valence-electron chi connectivity index (χ3n) is 8.03. The van der Waals surface area contributed by atoms with Crippen LogP contribution in [0, 0.1) is 23.4 Å². The predicted molar refractivity (Wildman–Crippen MR) is 138 cm³/mol. The van der Waals surface area contributed by atoms with Crippen molar-refractivity contribution in [2.24, 2.45) is 5.92 Å². The van der Waals surface area contributed by atoms with Crippen molar-refractivity contribution in [2.75, 3.05) is 6.61 Å². The maximum Gasteiger partial charge on any atom is 0.162 e. The molecule has 2 aromatic rings. The first-order valence-corrected chi connectivity index (χ1v) is 13.6. The van der Waals surface area contributed by atoms with E-state index in [2.05, 4.69) is 13.5 Å². The van der Waals surface area contributed by atoms with Gasteiger partial charge in [-0.05, 0) is 86.3 Å². The highest BCUT2D eigenvalue weighted by Gasteiger charge is 2.29. The van der Waals surface area contributed by atoms with Crippen LogP contribution in [0.25, 0.3) is 0 Å². The van der Waals surface area contributed by atoms with Gasteiger partial charge >= 0.3 is 0 Å². The van der Waals surface area contributed by atoms with Crippen LogP contribution in [0.4, 0.5) is 13.2 Å². The molecule has 0 heterocycles. The van der Waals surface area contributed by atoms with Gasteiger partial charge in [0, 0.05) is 11.6 Å². The van der Waals surface area contributed by atoms with Crippen molar-refractivity contribution in [3.05, 3.63) is 77.1 Å². The topological polar surface area (TPSA) is 18.5 Å². The summed E-state index contributed by atoms with van der Waals surface area (Å²) in [7, 11) is 0. The molecule has 0 aromatic heterocycles. The summed E-state index contributed by atoms with van der Waals surface area (Å²) in [5.74, 6) is -0.332. The van der Waals surface area contributed by atoms with Gasteiger partial charge in [-0.2, -0.15) is 0 Å². The van der Waals surface area contributed by atoms with Gasteiger partial charge in [0.05, 0.1) is 19.3 Å². The van der Waals surface area contributed by atoms with Crippen molar-refractivity contribution in [1.29, 1.82) is 0 Å². The van der Waals surface area contributed by atoms with Crippen LogP contribution in [0.5, 0.6) is 5.75 Å². The van der Waals surface area contributed by atoms with Crippen LogP contribution in [0.2, 0.25) is 0 Å². The summed E-state index contributed by atoms with van der Waals surface area (Å²) < 4.78 is 56.1. The van der Waals surface area contributed by atoms with Crippen molar-refractivity contribution in [3.8, 4) is 5.75 Å². The molecule has 2 aliphatic carbocycles. The molecule has 0 aliphatic heterocycles. The van der Waals surface area contributed by atoms with Crippen molar-refractivity contribution in [1.82, 2.24) is 0 Å². The lowest BCUT2D eigenvalue weighted by molar-refractivity contribution is 0.0118. The molecule has 0 spiro atoms. The maximum atomic E-state index is 15.1. The number of hydrogen-bond acceptors (Lipinski definition) is 2. The summed E-state index contributed by atoms with van der Waals surface area (Å²) in [5, 5.41) is 0. The van der Waals surface area contributed by atoms with E-state index in [4.69, 9.17) is 9.47 Å². The van der Waals surface area contributed by atoms with Crippen LogP contribution in [-0.2, 0) is 11.3 Å². The highest BCUT2D eigenvalue weighted by molar-refractivity contribution is 5.32. The molecule has 2 saturated carbocycles. The molecule has 5 heteroatoms. The molecule has 36 heavy (non-hydrogen) atoms. The Labute approximate surface area is 213 Å². The molecule has 4 rings (SSSR count). The van der Waals surface area contributed by atoms with E-state index in [1.807, 2.05) is 18.2 Å². The van der Waals surface area contributed by atoms with Gasteiger partial charge in [-0.15, -0.1) is 6.58 Å². The predicted octanol–water partition coefficient (Wildman–Crippen LogP) is 8.99. The number of ether oxygens (including phenoxy) is 2. The summed E-state index contributed by atoms with van der Waals surface area (Å²) >= 11 is 0. The molecule has 2 fully saturated rings. The van der Waals surface area contributed by atoms with E-state index in [1.165, 1.54) is 6.07 Å². The van der Waals surface area contributed by atoms with Crippen LogP contribution in [0.3, 0.4) is 0 Å². The number of hydrogen-bond donors (Lipinski definition) is 0. The third-order valence-corrected chi connectivity index (χ3v) is 8.03. The molecule has 2 aromatic carbocycles. The minimum absolute atomic E-state index is 0.00552. The fourth-order valence-corrected chi connectivity index (χ4v) is 5.68. The number of rotatable bonds is 10.